The first-order valence-corrected chi connectivity index (χ1v) is 4.98. The highest BCUT2D eigenvalue weighted by Gasteiger charge is 2.03. The van der Waals surface area contributed by atoms with E-state index in [-0.39, 0.29) is 6.42 Å². The van der Waals surface area contributed by atoms with Gasteiger partial charge in [0.25, 0.3) is 0 Å². The highest BCUT2D eigenvalue weighted by molar-refractivity contribution is 9.10. The van der Waals surface area contributed by atoms with Crippen molar-refractivity contribution in [1.82, 2.24) is 0 Å². The van der Waals surface area contributed by atoms with Crippen molar-refractivity contribution in [2.45, 2.75) is 19.5 Å². The second-order valence-corrected chi connectivity index (χ2v) is 3.81. The van der Waals surface area contributed by atoms with Crippen molar-refractivity contribution in [2.75, 3.05) is 0 Å². The first-order valence-electron chi connectivity index (χ1n) is 4.18. The Hall–Kier alpha value is -0.900. The lowest BCUT2D eigenvalue weighted by molar-refractivity contribution is -0.136. The van der Waals surface area contributed by atoms with Crippen LogP contribution in [0.3, 0.4) is 0 Å². The van der Waals surface area contributed by atoms with Crippen LogP contribution in [0.4, 0.5) is 4.39 Å². The first kappa shape index (κ1) is 11.2. The third-order valence-corrected chi connectivity index (χ3v) is 2.63. The molecule has 0 aromatic heterocycles. The topological polar surface area (TPSA) is 37.3 Å². The number of carboxylic acids is 1. The molecule has 1 aromatic rings. The van der Waals surface area contributed by atoms with E-state index in [9.17, 15) is 9.18 Å². The predicted molar refractivity (Wildman–Crippen MR) is 54.9 cm³/mol. The fourth-order valence-electron chi connectivity index (χ4n) is 1.11. The predicted octanol–water partition coefficient (Wildman–Crippen LogP) is 2.94. The zero-order valence-corrected chi connectivity index (χ0v) is 9.05. The summed E-state index contributed by atoms with van der Waals surface area (Å²) in [6.45, 7) is -0.514. The first-order chi connectivity index (χ1) is 6.63. The van der Waals surface area contributed by atoms with Gasteiger partial charge in [-0.15, -0.1) is 0 Å². The summed E-state index contributed by atoms with van der Waals surface area (Å²) in [4.78, 5) is 10.3. The maximum Gasteiger partial charge on any atom is 0.303 e. The van der Waals surface area contributed by atoms with E-state index in [1.165, 1.54) is 0 Å². The largest absolute Gasteiger partial charge is 0.481 e. The second kappa shape index (κ2) is 5.10. The molecule has 0 unspecified atom stereocenters. The molecule has 0 aliphatic rings. The van der Waals surface area contributed by atoms with Gasteiger partial charge in [0.1, 0.15) is 6.67 Å². The molecule has 0 saturated carbocycles. The minimum absolute atomic E-state index is 0.0986. The number of rotatable bonds is 4. The molecule has 1 aromatic carbocycles. The molecule has 0 saturated heterocycles. The molecule has 1 rings (SSSR count). The molecule has 0 aliphatic heterocycles. The quantitative estimate of drug-likeness (QED) is 0.904. The van der Waals surface area contributed by atoms with Gasteiger partial charge < -0.3 is 5.11 Å². The SMILES string of the molecule is O=C(O)CCc1ccc(CF)c(Br)c1. The van der Waals surface area contributed by atoms with Crippen molar-refractivity contribution in [2.24, 2.45) is 0 Å². The van der Waals surface area contributed by atoms with Crippen molar-refractivity contribution in [3.63, 3.8) is 0 Å². The maximum absolute atomic E-state index is 12.3. The van der Waals surface area contributed by atoms with Crippen LogP contribution in [0.1, 0.15) is 17.5 Å². The summed E-state index contributed by atoms with van der Waals surface area (Å²) in [5.41, 5.74) is 1.49. The summed E-state index contributed by atoms with van der Waals surface area (Å²) in [7, 11) is 0. The molecule has 0 fully saturated rings. The normalized spacial score (nSPS) is 10.1. The number of alkyl halides is 1. The molecule has 0 radical (unpaired) electrons. The third kappa shape index (κ3) is 3.10. The Kier molecular flexibility index (Phi) is 4.07. The van der Waals surface area contributed by atoms with Crippen LogP contribution in [0, 0.1) is 0 Å². The lowest BCUT2D eigenvalue weighted by Crippen LogP contribution is -1.97. The number of aliphatic carboxylic acids is 1. The van der Waals surface area contributed by atoms with Gasteiger partial charge in [-0.05, 0) is 23.6 Å². The number of hydrogen-bond acceptors (Lipinski definition) is 1. The average Bonchev–Trinajstić information content (AvgIpc) is 2.15. The van der Waals surface area contributed by atoms with Gasteiger partial charge in [0.2, 0.25) is 0 Å². The Morgan fingerprint density at radius 2 is 2.21 bits per heavy atom. The Labute approximate surface area is 89.9 Å². The molecule has 0 atom stereocenters. The summed E-state index contributed by atoms with van der Waals surface area (Å²) < 4.78 is 13.0. The van der Waals surface area contributed by atoms with Crippen LogP contribution >= 0.6 is 15.9 Å². The lowest BCUT2D eigenvalue weighted by atomic mass is 10.1. The van der Waals surface area contributed by atoms with E-state index in [1.807, 2.05) is 0 Å². The molecule has 14 heavy (non-hydrogen) atoms. The Morgan fingerprint density at radius 3 is 2.71 bits per heavy atom. The van der Waals surface area contributed by atoms with Crippen LogP contribution in [0.15, 0.2) is 22.7 Å². The Morgan fingerprint density at radius 1 is 1.50 bits per heavy atom. The molecule has 76 valence electrons. The fraction of sp³-hybridized carbons (Fsp3) is 0.300. The minimum atomic E-state index is -0.823. The zero-order valence-electron chi connectivity index (χ0n) is 7.46. The number of carboxylic acid groups (broad SMARTS) is 1. The van der Waals surface area contributed by atoms with Gasteiger partial charge in [0.15, 0.2) is 0 Å². The van der Waals surface area contributed by atoms with Gasteiger partial charge >= 0.3 is 5.97 Å². The molecule has 4 heteroatoms. The van der Waals surface area contributed by atoms with E-state index in [1.54, 1.807) is 18.2 Å². The van der Waals surface area contributed by atoms with Crippen LogP contribution in [0.25, 0.3) is 0 Å². The molecule has 1 N–H and O–H groups in total. The highest BCUT2D eigenvalue weighted by Crippen LogP contribution is 2.20. The number of halogens is 2. The molecule has 0 spiro atoms. The van der Waals surface area contributed by atoms with E-state index in [0.29, 0.717) is 16.5 Å². The molecule has 2 nitrogen and oxygen atoms in total. The number of aryl methyl sites for hydroxylation is 1. The van der Waals surface area contributed by atoms with E-state index in [0.717, 1.165) is 5.56 Å². The summed E-state index contributed by atoms with van der Waals surface area (Å²) >= 11 is 3.23. The monoisotopic (exact) mass is 260 g/mol. The van der Waals surface area contributed by atoms with Crippen LogP contribution in [0.2, 0.25) is 0 Å². The highest BCUT2D eigenvalue weighted by atomic mass is 79.9. The summed E-state index contributed by atoms with van der Waals surface area (Å²) in [5, 5.41) is 8.47. The Bertz CT molecular complexity index is 339. The number of benzene rings is 1. The van der Waals surface area contributed by atoms with Crippen molar-refractivity contribution in [1.29, 1.82) is 0 Å². The standard InChI is InChI=1S/C10H10BrFO2/c11-9-5-7(2-4-10(13)14)1-3-8(9)6-12/h1,3,5H,2,4,6H2,(H,13,14). The summed E-state index contributed by atoms with van der Waals surface area (Å²) in [5.74, 6) is -0.823. The van der Waals surface area contributed by atoms with Crippen LogP contribution in [-0.2, 0) is 17.9 Å². The van der Waals surface area contributed by atoms with Gasteiger partial charge in [-0.3, -0.25) is 4.79 Å². The molecule has 0 bridgehead atoms. The molecule has 0 amide bonds. The van der Waals surface area contributed by atoms with E-state index in [2.05, 4.69) is 15.9 Å². The van der Waals surface area contributed by atoms with Crippen molar-refractivity contribution in [3.05, 3.63) is 33.8 Å². The molecule has 0 heterocycles. The average molecular weight is 261 g/mol. The fourth-order valence-corrected chi connectivity index (χ4v) is 1.64. The molecule has 0 aliphatic carbocycles. The lowest BCUT2D eigenvalue weighted by Gasteiger charge is -2.03. The van der Waals surface area contributed by atoms with Crippen molar-refractivity contribution >= 4 is 21.9 Å². The van der Waals surface area contributed by atoms with Crippen LogP contribution in [0.5, 0.6) is 0 Å². The van der Waals surface area contributed by atoms with E-state index < -0.39 is 12.6 Å². The van der Waals surface area contributed by atoms with E-state index in [4.69, 9.17) is 5.11 Å². The third-order valence-electron chi connectivity index (χ3n) is 1.89. The number of carbonyl (C=O) groups is 1. The maximum atomic E-state index is 12.3. The summed E-state index contributed by atoms with van der Waals surface area (Å²) in [6, 6.07) is 5.18. The minimum Gasteiger partial charge on any atom is -0.481 e. The van der Waals surface area contributed by atoms with Crippen molar-refractivity contribution < 1.29 is 14.3 Å². The van der Waals surface area contributed by atoms with Gasteiger partial charge in [-0.2, -0.15) is 0 Å². The van der Waals surface area contributed by atoms with Gasteiger partial charge in [-0.1, -0.05) is 28.1 Å². The van der Waals surface area contributed by atoms with Crippen LogP contribution < -0.4 is 0 Å². The zero-order chi connectivity index (χ0) is 10.6. The second-order valence-electron chi connectivity index (χ2n) is 2.95. The number of hydrogen-bond donors (Lipinski definition) is 1. The van der Waals surface area contributed by atoms with Gasteiger partial charge in [0, 0.05) is 10.9 Å². The van der Waals surface area contributed by atoms with E-state index >= 15 is 0 Å². The van der Waals surface area contributed by atoms with Gasteiger partial charge in [-0.25, -0.2) is 4.39 Å². The Balaban J connectivity index is 2.71. The van der Waals surface area contributed by atoms with Crippen molar-refractivity contribution in [3.8, 4) is 0 Å². The van der Waals surface area contributed by atoms with Gasteiger partial charge in [0.05, 0.1) is 0 Å². The smallest absolute Gasteiger partial charge is 0.303 e. The summed E-state index contributed by atoms with van der Waals surface area (Å²) in [6.07, 6.45) is 0.571. The molecular formula is C10H10BrFO2. The van der Waals surface area contributed by atoms with Crippen LogP contribution in [-0.4, -0.2) is 11.1 Å². The molecular weight excluding hydrogens is 251 g/mol.